The number of nitrogens with zero attached hydrogens (tertiary/aromatic N) is 4. The summed E-state index contributed by atoms with van der Waals surface area (Å²) in [5.74, 6) is 1.50. The third-order valence-corrected chi connectivity index (χ3v) is 9.12. The number of anilines is 1. The standard InChI is InChI=1S/C24H39N3O2.C9H9N.C5H10.CH4O/c1-5-6-12-24(4)13-8-9-18(14-24)17-27(22(28)19-10-7-11-19)21-16-25-20(15-26-21)23(2,3)29;1-7-3-4-9(6-10)5-8(7)2;1-3-5-4-2;1-2/h15-16,18-19,29H,5-14,17H2,1-4H3;3-5H,1-2H3;3,5H,4H2,1-2H3;2H,1H3/b;;5-3-;/t18?,24-;;;/m0.../s1. The van der Waals surface area contributed by atoms with Gasteiger partial charge in [0.1, 0.15) is 5.60 Å². The number of aryl methyl sites for hydroxylation is 2. The van der Waals surface area contributed by atoms with E-state index in [2.05, 4.69) is 49.0 Å². The van der Waals surface area contributed by atoms with E-state index in [4.69, 9.17) is 10.4 Å². The van der Waals surface area contributed by atoms with E-state index < -0.39 is 5.60 Å². The van der Waals surface area contributed by atoms with Crippen molar-refractivity contribution in [2.45, 2.75) is 132 Å². The summed E-state index contributed by atoms with van der Waals surface area (Å²) >= 11 is 0. The molecule has 2 aromatic rings. The Bertz CT molecular complexity index is 1230. The van der Waals surface area contributed by atoms with Crippen LogP contribution in [0.15, 0.2) is 42.7 Å². The molecule has 0 bridgehead atoms. The van der Waals surface area contributed by atoms with Crippen molar-refractivity contribution in [1.29, 1.82) is 5.26 Å². The first-order valence-corrected chi connectivity index (χ1v) is 17.3. The van der Waals surface area contributed by atoms with Gasteiger partial charge in [-0.05, 0) is 114 Å². The van der Waals surface area contributed by atoms with E-state index in [0.717, 1.165) is 44.9 Å². The largest absolute Gasteiger partial charge is 0.400 e. The van der Waals surface area contributed by atoms with E-state index in [1.54, 1.807) is 26.2 Å². The van der Waals surface area contributed by atoms with Crippen molar-refractivity contribution in [3.05, 3.63) is 65.1 Å². The van der Waals surface area contributed by atoms with Crippen LogP contribution in [0.1, 0.15) is 135 Å². The van der Waals surface area contributed by atoms with Crippen LogP contribution in [0.25, 0.3) is 0 Å². The molecule has 0 aliphatic heterocycles. The van der Waals surface area contributed by atoms with Crippen LogP contribution in [0.3, 0.4) is 0 Å². The van der Waals surface area contributed by atoms with Gasteiger partial charge < -0.3 is 10.2 Å². The number of carbonyl (C=O) groups excluding carboxylic acids is 1. The van der Waals surface area contributed by atoms with Gasteiger partial charge in [-0.3, -0.25) is 14.7 Å². The second kappa shape index (κ2) is 20.9. The molecule has 0 saturated heterocycles. The quantitative estimate of drug-likeness (QED) is 0.266. The van der Waals surface area contributed by atoms with E-state index in [0.29, 0.717) is 22.8 Å². The van der Waals surface area contributed by atoms with E-state index in [1.807, 2.05) is 43.9 Å². The van der Waals surface area contributed by atoms with Crippen LogP contribution >= 0.6 is 0 Å². The summed E-state index contributed by atoms with van der Waals surface area (Å²) in [6, 6.07) is 7.79. The Morgan fingerprint density at radius 2 is 1.80 bits per heavy atom. The first kappa shape index (κ1) is 40.9. The number of hydrogen-bond donors (Lipinski definition) is 2. The average molecular weight is 635 g/mol. The zero-order valence-electron chi connectivity index (χ0n) is 30.3. The molecule has 1 unspecified atom stereocenters. The minimum atomic E-state index is -1.03. The lowest BCUT2D eigenvalue weighted by Gasteiger charge is -2.41. The van der Waals surface area contributed by atoms with E-state index in [-0.39, 0.29) is 11.8 Å². The van der Waals surface area contributed by atoms with Crippen molar-refractivity contribution in [3.63, 3.8) is 0 Å². The first-order valence-electron chi connectivity index (χ1n) is 17.3. The number of carbonyl (C=O) groups is 1. The summed E-state index contributed by atoms with van der Waals surface area (Å²) in [6.45, 7) is 17.0. The van der Waals surface area contributed by atoms with Gasteiger partial charge in [-0.1, -0.05) is 64.7 Å². The Morgan fingerprint density at radius 3 is 2.26 bits per heavy atom. The molecule has 1 aromatic heterocycles. The number of unbranched alkanes of at least 4 members (excludes halogenated alkanes) is 1. The van der Waals surface area contributed by atoms with Gasteiger partial charge in [-0.15, -0.1) is 0 Å². The van der Waals surface area contributed by atoms with Gasteiger partial charge in [0.05, 0.1) is 29.7 Å². The van der Waals surface area contributed by atoms with Gasteiger partial charge in [-0.2, -0.15) is 5.26 Å². The molecular weight excluding hydrogens is 572 g/mol. The van der Waals surface area contributed by atoms with Crippen molar-refractivity contribution in [1.82, 2.24) is 9.97 Å². The highest BCUT2D eigenvalue weighted by Crippen LogP contribution is 2.43. The molecule has 2 aliphatic carbocycles. The molecule has 4 rings (SSSR count). The summed E-state index contributed by atoms with van der Waals surface area (Å²) in [7, 11) is 1.00. The van der Waals surface area contributed by atoms with Gasteiger partial charge in [0.15, 0.2) is 5.82 Å². The van der Waals surface area contributed by atoms with Crippen molar-refractivity contribution in [2.75, 3.05) is 18.6 Å². The lowest BCUT2D eigenvalue weighted by Crippen LogP contribution is -2.43. The summed E-state index contributed by atoms with van der Waals surface area (Å²) in [5.41, 5.74) is 3.06. The van der Waals surface area contributed by atoms with E-state index >= 15 is 0 Å². The lowest BCUT2D eigenvalue weighted by molar-refractivity contribution is -0.125. The third-order valence-electron chi connectivity index (χ3n) is 9.12. The molecule has 46 heavy (non-hydrogen) atoms. The fraction of sp³-hybridized carbons (Fsp3) is 0.641. The molecule has 2 aliphatic rings. The smallest absolute Gasteiger partial charge is 0.231 e. The van der Waals surface area contributed by atoms with Crippen LogP contribution in [0, 0.1) is 42.4 Å². The van der Waals surface area contributed by atoms with Crippen molar-refractivity contribution < 1.29 is 15.0 Å². The Hall–Kier alpha value is -3.08. The summed E-state index contributed by atoms with van der Waals surface area (Å²) in [4.78, 5) is 24.1. The molecule has 0 radical (unpaired) electrons. The fourth-order valence-corrected chi connectivity index (χ4v) is 5.96. The highest BCUT2D eigenvalue weighted by Gasteiger charge is 2.36. The number of benzene rings is 1. The topological polar surface area (TPSA) is 110 Å². The number of hydrogen-bond acceptors (Lipinski definition) is 6. The maximum atomic E-state index is 13.2. The van der Waals surface area contributed by atoms with Crippen LogP contribution < -0.4 is 4.90 Å². The maximum absolute atomic E-state index is 13.2. The minimum absolute atomic E-state index is 0.140. The Balaban J connectivity index is 0.000000511. The van der Waals surface area contributed by atoms with Crippen LogP contribution in [0.4, 0.5) is 5.82 Å². The number of allylic oxidation sites excluding steroid dienone is 2. The molecule has 256 valence electrons. The Morgan fingerprint density at radius 1 is 1.11 bits per heavy atom. The molecule has 1 amide bonds. The normalized spacial score (nSPS) is 19.2. The number of aromatic nitrogens is 2. The molecule has 0 spiro atoms. The Kier molecular flexibility index (Phi) is 18.6. The third kappa shape index (κ3) is 13.7. The molecule has 2 atom stereocenters. The zero-order valence-corrected chi connectivity index (χ0v) is 30.3. The van der Waals surface area contributed by atoms with Gasteiger partial charge in [0.25, 0.3) is 0 Å². The summed E-state index contributed by atoms with van der Waals surface area (Å²) in [6.07, 6.45) is 20.5. The van der Waals surface area contributed by atoms with Gasteiger partial charge in [0.2, 0.25) is 5.91 Å². The summed E-state index contributed by atoms with van der Waals surface area (Å²) in [5, 5.41) is 25.7. The predicted molar refractivity (Wildman–Crippen MR) is 190 cm³/mol. The van der Waals surface area contributed by atoms with Crippen LogP contribution in [-0.4, -0.2) is 39.7 Å². The van der Waals surface area contributed by atoms with E-state index in [9.17, 15) is 9.90 Å². The molecular formula is C39H62N4O3. The molecule has 1 aromatic carbocycles. The summed E-state index contributed by atoms with van der Waals surface area (Å²) < 4.78 is 0. The van der Waals surface area contributed by atoms with E-state index in [1.165, 1.54) is 56.1 Å². The van der Waals surface area contributed by atoms with Crippen LogP contribution in [-0.2, 0) is 10.4 Å². The second-order valence-electron chi connectivity index (χ2n) is 13.7. The van der Waals surface area contributed by atoms with Gasteiger partial charge >= 0.3 is 0 Å². The predicted octanol–water partition coefficient (Wildman–Crippen LogP) is 8.98. The molecule has 2 saturated carbocycles. The van der Waals surface area contributed by atoms with Gasteiger partial charge in [0, 0.05) is 19.6 Å². The van der Waals surface area contributed by atoms with Crippen LogP contribution in [0.5, 0.6) is 0 Å². The van der Waals surface area contributed by atoms with Gasteiger partial charge in [-0.25, -0.2) is 4.98 Å². The zero-order chi connectivity index (χ0) is 34.8. The number of amides is 1. The first-order chi connectivity index (χ1) is 21.9. The van der Waals surface area contributed by atoms with Crippen molar-refractivity contribution in [2.24, 2.45) is 17.3 Å². The second-order valence-corrected chi connectivity index (χ2v) is 13.7. The Labute approximate surface area is 280 Å². The fourth-order valence-electron chi connectivity index (χ4n) is 5.96. The molecule has 7 heteroatoms. The number of nitriles is 1. The number of rotatable bonds is 9. The minimum Gasteiger partial charge on any atom is -0.400 e. The molecule has 1 heterocycles. The van der Waals surface area contributed by atoms with Crippen molar-refractivity contribution in [3.8, 4) is 6.07 Å². The molecule has 2 N–H and O–H groups in total. The average Bonchev–Trinajstić information content (AvgIpc) is 3.01. The van der Waals surface area contributed by atoms with Crippen molar-refractivity contribution >= 4 is 11.7 Å². The SMILES string of the molecule is C/C=C\CC.CCCC[C@@]1(C)CCCC(CN(C(=O)C2CCC2)c2cnc(C(C)(C)O)cn2)C1.CO.Cc1ccc(C#N)cc1C. The number of aliphatic hydroxyl groups is 2. The molecule has 7 nitrogen and oxygen atoms in total. The monoisotopic (exact) mass is 634 g/mol. The maximum Gasteiger partial charge on any atom is 0.231 e. The molecule has 2 fully saturated rings. The number of aliphatic hydroxyl groups excluding tert-OH is 1. The lowest BCUT2D eigenvalue weighted by atomic mass is 9.68. The highest BCUT2D eigenvalue weighted by atomic mass is 16.3. The van der Waals surface area contributed by atoms with Crippen LogP contribution in [0.2, 0.25) is 0 Å². The highest BCUT2D eigenvalue weighted by molar-refractivity contribution is 5.94.